The number of carbonyl (C=O) groups is 3. The number of aromatic nitrogens is 1. The number of nitrogens with one attached hydrogen (secondary N) is 2. The summed E-state index contributed by atoms with van der Waals surface area (Å²) in [5.41, 5.74) is 0.793. The van der Waals surface area contributed by atoms with Crippen molar-refractivity contribution in [2.24, 2.45) is 5.92 Å². The predicted molar refractivity (Wildman–Crippen MR) is 192 cm³/mol. The molecule has 5 aliphatic rings. The van der Waals surface area contributed by atoms with Crippen LogP contribution in [0.5, 0.6) is 5.75 Å². The van der Waals surface area contributed by atoms with E-state index in [1.54, 1.807) is 16.7 Å². The number of piperidine rings is 1. The molecule has 4 aliphatic heterocycles. The Morgan fingerprint density at radius 2 is 1.81 bits per heavy atom. The number of benzene rings is 2. The summed E-state index contributed by atoms with van der Waals surface area (Å²) in [5.74, 6) is -1.64. The summed E-state index contributed by atoms with van der Waals surface area (Å²) < 4.78 is 47.7. The third-order valence-electron chi connectivity index (χ3n) is 10.5. The first-order chi connectivity index (χ1) is 25.5. The van der Waals surface area contributed by atoms with Crippen LogP contribution in [0.3, 0.4) is 0 Å². The number of hydrogen-bond acceptors (Lipinski definition) is 10. The highest BCUT2D eigenvalue weighted by Crippen LogP contribution is 2.45. The van der Waals surface area contributed by atoms with Gasteiger partial charge in [0.25, 0.3) is 0 Å². The minimum atomic E-state index is -1.30. The molecule has 5 heterocycles. The number of hydrogen-bond donors (Lipinski definition) is 3. The Kier molecular flexibility index (Phi) is 10.4. The maximum Gasteiger partial charge on any atom is 0.414 e. The number of carboxylic acid groups (broad SMARTS) is 1. The number of cyclic esters (lactones) is 1. The zero-order valence-corrected chi connectivity index (χ0v) is 29.7. The second kappa shape index (κ2) is 15.2. The van der Waals surface area contributed by atoms with Gasteiger partial charge in [-0.25, -0.2) is 18.4 Å². The van der Waals surface area contributed by atoms with Crippen LogP contribution in [0.4, 0.5) is 30.6 Å². The molecule has 3 N–H and O–H groups in total. The van der Waals surface area contributed by atoms with Crippen molar-refractivity contribution in [2.45, 2.75) is 50.8 Å². The summed E-state index contributed by atoms with van der Waals surface area (Å²) in [5, 5.41) is 15.6. The van der Waals surface area contributed by atoms with E-state index in [1.165, 1.54) is 37.3 Å². The van der Waals surface area contributed by atoms with E-state index in [0.29, 0.717) is 73.1 Å². The Bertz CT molecular complexity index is 1950. The SMILES string of the molecule is CC(=O)NC[C@H]1CN(c2ccc(N3CCOCC3)c(F)c2)C(=O)O1.COc1c(N2C[C@@H]3CCCN[C@@H]3C2)c(F)cc2c(=O)c(C(=O)O)cn(C3CC3)c12. The minimum absolute atomic E-state index is 0.0599. The number of ether oxygens (including phenoxy) is 3. The van der Waals surface area contributed by atoms with Gasteiger partial charge in [0.15, 0.2) is 11.6 Å². The molecule has 1 aromatic heterocycles. The second-order valence-corrected chi connectivity index (χ2v) is 14.1. The lowest BCUT2D eigenvalue weighted by molar-refractivity contribution is -0.119. The largest absolute Gasteiger partial charge is 0.492 e. The average Bonchev–Trinajstić information content (AvgIpc) is 3.79. The molecule has 16 heteroatoms. The quantitative estimate of drug-likeness (QED) is 0.311. The van der Waals surface area contributed by atoms with Crippen LogP contribution in [-0.2, 0) is 14.3 Å². The molecule has 8 rings (SSSR count). The third-order valence-corrected chi connectivity index (χ3v) is 10.5. The fourth-order valence-electron chi connectivity index (χ4n) is 7.77. The molecular formula is C37H44F2N6O8. The predicted octanol–water partition coefficient (Wildman–Crippen LogP) is 3.49. The van der Waals surface area contributed by atoms with Crippen LogP contribution in [0, 0.1) is 17.6 Å². The highest BCUT2D eigenvalue weighted by atomic mass is 19.1. The van der Waals surface area contributed by atoms with Crippen molar-refractivity contribution in [3.05, 3.63) is 57.9 Å². The summed E-state index contributed by atoms with van der Waals surface area (Å²) >= 11 is 0. The minimum Gasteiger partial charge on any atom is -0.492 e. The Labute approximate surface area is 304 Å². The zero-order valence-electron chi connectivity index (χ0n) is 29.7. The summed E-state index contributed by atoms with van der Waals surface area (Å²) in [6.45, 7) is 6.74. The number of nitrogens with zero attached hydrogens (tertiary/aromatic N) is 4. The van der Waals surface area contributed by atoms with Crippen molar-refractivity contribution >= 4 is 45.9 Å². The number of carboxylic acids is 1. The number of amides is 2. The fourth-order valence-corrected chi connectivity index (χ4v) is 7.77. The van der Waals surface area contributed by atoms with Gasteiger partial charge in [-0.1, -0.05) is 0 Å². The average molecular weight is 739 g/mol. The molecule has 14 nitrogen and oxygen atoms in total. The molecule has 2 aromatic carbocycles. The molecule has 0 spiro atoms. The Morgan fingerprint density at radius 3 is 2.47 bits per heavy atom. The van der Waals surface area contributed by atoms with E-state index in [0.717, 1.165) is 38.8 Å². The Hall–Kier alpha value is -4.96. The molecule has 3 aromatic rings. The van der Waals surface area contributed by atoms with E-state index in [1.807, 2.05) is 9.80 Å². The summed E-state index contributed by atoms with van der Waals surface area (Å²) in [6.07, 6.45) is 4.42. The van der Waals surface area contributed by atoms with Gasteiger partial charge in [0, 0.05) is 51.4 Å². The van der Waals surface area contributed by atoms with Crippen molar-refractivity contribution < 1.29 is 42.5 Å². The molecule has 53 heavy (non-hydrogen) atoms. The van der Waals surface area contributed by atoms with Crippen molar-refractivity contribution in [2.75, 3.05) is 80.8 Å². The van der Waals surface area contributed by atoms with Crippen LogP contribution in [0.1, 0.15) is 49.0 Å². The number of pyridine rings is 1. The first-order valence-corrected chi connectivity index (χ1v) is 18.1. The molecular weight excluding hydrogens is 694 g/mol. The third kappa shape index (κ3) is 7.47. The van der Waals surface area contributed by atoms with E-state index < -0.39 is 29.4 Å². The lowest BCUT2D eigenvalue weighted by atomic mass is 9.94. The molecule has 2 amide bonds. The number of anilines is 3. The lowest BCUT2D eigenvalue weighted by Gasteiger charge is -2.29. The molecule has 4 saturated heterocycles. The van der Waals surface area contributed by atoms with Crippen molar-refractivity contribution in [3.63, 3.8) is 0 Å². The lowest BCUT2D eigenvalue weighted by Crippen LogP contribution is -2.40. The monoisotopic (exact) mass is 738 g/mol. The van der Waals surface area contributed by atoms with E-state index >= 15 is 4.39 Å². The van der Waals surface area contributed by atoms with Crippen LogP contribution in [0.15, 0.2) is 35.3 Å². The van der Waals surface area contributed by atoms with Crippen LogP contribution < -0.4 is 35.5 Å². The fraction of sp³-hybridized carbons (Fsp3) is 0.514. The van der Waals surface area contributed by atoms with Gasteiger partial charge in [-0.2, -0.15) is 0 Å². The first kappa shape index (κ1) is 36.4. The molecule has 5 fully saturated rings. The summed E-state index contributed by atoms with van der Waals surface area (Å²) in [6, 6.07) is 6.33. The topological polar surface area (TPSA) is 155 Å². The maximum atomic E-state index is 15.3. The standard InChI is InChI=1S/C21H24FN3O4.C16H20FN3O4/c1-29-20-17-13(19(26)14(21(27)28)9-25(17)12-4-5-12)7-15(22)18(20)24-8-11-3-2-6-23-16(11)10-24;1-11(21)18-9-13-10-20(16(22)24-13)12-2-3-15(14(17)8-12)19-4-6-23-7-5-19/h7,9,11-12,16,23H,2-6,8,10H2,1H3,(H,27,28);2-3,8,13H,4-7,9-10H2,1H3,(H,18,21)/t11-,16+;13-/m00/s1. The smallest absolute Gasteiger partial charge is 0.414 e. The van der Waals surface area contributed by atoms with E-state index in [9.17, 15) is 28.7 Å². The van der Waals surface area contributed by atoms with Crippen LogP contribution in [0.25, 0.3) is 10.9 Å². The Balaban J connectivity index is 0.000000168. The zero-order chi connectivity index (χ0) is 37.4. The summed E-state index contributed by atoms with van der Waals surface area (Å²) in [4.78, 5) is 52.6. The Morgan fingerprint density at radius 1 is 1.04 bits per heavy atom. The molecule has 0 bridgehead atoms. The van der Waals surface area contributed by atoms with Gasteiger partial charge >= 0.3 is 12.1 Å². The number of morpholine rings is 1. The highest BCUT2D eigenvalue weighted by molar-refractivity contribution is 5.97. The molecule has 1 saturated carbocycles. The normalized spacial score (nSPS) is 22.6. The highest BCUT2D eigenvalue weighted by Gasteiger charge is 2.38. The van der Waals surface area contributed by atoms with Crippen LogP contribution in [-0.4, -0.2) is 106 Å². The van der Waals surface area contributed by atoms with Crippen LogP contribution >= 0.6 is 0 Å². The summed E-state index contributed by atoms with van der Waals surface area (Å²) in [7, 11) is 1.48. The van der Waals surface area contributed by atoms with Crippen molar-refractivity contribution in [1.29, 1.82) is 0 Å². The van der Waals surface area contributed by atoms with Crippen molar-refractivity contribution in [1.82, 2.24) is 15.2 Å². The van der Waals surface area contributed by atoms with Gasteiger partial charge in [0.1, 0.15) is 23.2 Å². The van der Waals surface area contributed by atoms with Gasteiger partial charge in [-0.05, 0) is 62.4 Å². The number of rotatable bonds is 8. The van der Waals surface area contributed by atoms with E-state index in [-0.39, 0.29) is 41.8 Å². The molecule has 3 atom stereocenters. The number of halogens is 2. The van der Waals surface area contributed by atoms with Crippen LogP contribution in [0.2, 0.25) is 0 Å². The van der Waals surface area contributed by atoms with Gasteiger partial charge < -0.3 is 44.3 Å². The number of aromatic carboxylic acids is 1. The van der Waals surface area contributed by atoms with E-state index in [2.05, 4.69) is 10.6 Å². The maximum absolute atomic E-state index is 15.3. The first-order valence-electron chi connectivity index (χ1n) is 18.1. The number of methoxy groups -OCH3 is 1. The molecule has 1 aliphatic carbocycles. The van der Waals surface area contributed by atoms with Crippen molar-refractivity contribution in [3.8, 4) is 5.75 Å². The van der Waals surface area contributed by atoms with Gasteiger partial charge in [-0.3, -0.25) is 14.5 Å². The molecule has 0 unspecified atom stereocenters. The molecule has 0 radical (unpaired) electrons. The number of fused-ring (bicyclic) bond motifs is 2. The van der Waals surface area contributed by atoms with E-state index in [4.69, 9.17) is 14.2 Å². The second-order valence-electron chi connectivity index (χ2n) is 14.1. The van der Waals surface area contributed by atoms with Gasteiger partial charge in [0.05, 0.1) is 55.7 Å². The molecule has 284 valence electrons. The van der Waals surface area contributed by atoms with Gasteiger partial charge in [-0.15, -0.1) is 0 Å². The number of carbonyl (C=O) groups excluding carboxylic acids is 2. The van der Waals surface area contributed by atoms with Gasteiger partial charge in [0.2, 0.25) is 11.3 Å².